The Balaban J connectivity index is 1.62. The smallest absolute Gasteiger partial charge is 0.315 e. The van der Waals surface area contributed by atoms with Gasteiger partial charge in [0.05, 0.1) is 18.8 Å². The van der Waals surface area contributed by atoms with Crippen LogP contribution in [0.15, 0.2) is 22.8 Å². The minimum atomic E-state index is -0.384. The average molecular weight is 265 g/mol. The molecule has 1 aromatic rings. The molecular weight excluding hydrogens is 246 g/mol. The first-order chi connectivity index (χ1) is 9.15. The highest BCUT2D eigenvalue weighted by molar-refractivity contribution is 5.83. The highest BCUT2D eigenvalue weighted by Gasteiger charge is 2.21. The van der Waals surface area contributed by atoms with Gasteiger partial charge in [0, 0.05) is 6.54 Å². The predicted octanol–water partition coefficient (Wildman–Crippen LogP) is 1.17. The maximum Gasteiger partial charge on any atom is 0.315 e. The van der Waals surface area contributed by atoms with Crippen molar-refractivity contribution in [1.29, 1.82) is 0 Å². The predicted molar refractivity (Wildman–Crippen MR) is 69.4 cm³/mol. The van der Waals surface area contributed by atoms with E-state index in [1.54, 1.807) is 18.4 Å². The summed E-state index contributed by atoms with van der Waals surface area (Å²) in [6, 6.07) is 2.93. The van der Waals surface area contributed by atoms with E-state index in [4.69, 9.17) is 4.42 Å². The van der Waals surface area contributed by atoms with Crippen LogP contribution in [0.2, 0.25) is 0 Å². The third-order valence-corrected chi connectivity index (χ3v) is 3.01. The zero-order chi connectivity index (χ0) is 13.7. The second-order valence-corrected chi connectivity index (χ2v) is 4.81. The van der Waals surface area contributed by atoms with E-state index in [-0.39, 0.29) is 24.5 Å². The fraction of sp³-hybridized carbons (Fsp3) is 0.538. The zero-order valence-corrected chi connectivity index (χ0v) is 10.9. The lowest BCUT2D eigenvalue weighted by Crippen LogP contribution is -2.43. The van der Waals surface area contributed by atoms with Crippen molar-refractivity contribution in [2.45, 2.75) is 25.8 Å². The van der Waals surface area contributed by atoms with Crippen LogP contribution in [0.5, 0.6) is 0 Å². The topological polar surface area (TPSA) is 83.4 Å². The van der Waals surface area contributed by atoms with Crippen molar-refractivity contribution in [3.05, 3.63) is 24.2 Å². The molecule has 104 valence electrons. The van der Waals surface area contributed by atoms with E-state index in [2.05, 4.69) is 16.0 Å². The fourth-order valence-corrected chi connectivity index (χ4v) is 1.66. The van der Waals surface area contributed by atoms with E-state index in [0.717, 1.165) is 0 Å². The number of urea groups is 1. The molecule has 6 nitrogen and oxygen atoms in total. The van der Waals surface area contributed by atoms with Gasteiger partial charge in [-0.3, -0.25) is 4.79 Å². The molecule has 1 aliphatic carbocycles. The van der Waals surface area contributed by atoms with Crippen LogP contribution in [0, 0.1) is 5.92 Å². The molecule has 0 bridgehead atoms. The standard InChI is InChI=1S/C13H19N3O3/c1-9(11-3-2-6-19-11)16-13(18)15-8-12(17)14-7-10-4-5-10/h2-3,6,9-10H,4-5,7-8H2,1H3,(H,14,17)(H2,15,16,18). The monoisotopic (exact) mass is 265 g/mol. The summed E-state index contributed by atoms with van der Waals surface area (Å²) in [5.41, 5.74) is 0. The lowest BCUT2D eigenvalue weighted by molar-refractivity contribution is -0.120. The van der Waals surface area contributed by atoms with E-state index in [1.165, 1.54) is 12.8 Å². The van der Waals surface area contributed by atoms with Crippen LogP contribution in [-0.2, 0) is 4.79 Å². The summed E-state index contributed by atoms with van der Waals surface area (Å²) in [4.78, 5) is 23.0. The maximum absolute atomic E-state index is 11.6. The van der Waals surface area contributed by atoms with Crippen molar-refractivity contribution in [1.82, 2.24) is 16.0 Å². The van der Waals surface area contributed by atoms with E-state index in [9.17, 15) is 9.59 Å². The molecule has 19 heavy (non-hydrogen) atoms. The number of carbonyl (C=O) groups excluding carboxylic acids is 2. The molecule has 1 fully saturated rings. The van der Waals surface area contributed by atoms with Crippen LogP contribution >= 0.6 is 0 Å². The Morgan fingerprint density at radius 2 is 2.21 bits per heavy atom. The molecule has 3 N–H and O–H groups in total. The quantitative estimate of drug-likeness (QED) is 0.722. The summed E-state index contributed by atoms with van der Waals surface area (Å²) in [6.45, 7) is 2.51. The molecule has 1 aliphatic rings. The highest BCUT2D eigenvalue weighted by atomic mass is 16.3. The normalized spacial score (nSPS) is 15.6. The van der Waals surface area contributed by atoms with Gasteiger partial charge in [-0.2, -0.15) is 0 Å². The Hall–Kier alpha value is -1.98. The van der Waals surface area contributed by atoms with Gasteiger partial charge in [0.15, 0.2) is 0 Å². The molecule has 0 aromatic carbocycles. The molecule has 1 saturated carbocycles. The molecular formula is C13H19N3O3. The van der Waals surface area contributed by atoms with Crippen molar-refractivity contribution < 1.29 is 14.0 Å². The van der Waals surface area contributed by atoms with Crippen LogP contribution < -0.4 is 16.0 Å². The molecule has 1 heterocycles. The Labute approximate surface area is 111 Å². The molecule has 0 saturated heterocycles. The number of nitrogens with one attached hydrogen (secondary N) is 3. The lowest BCUT2D eigenvalue weighted by Gasteiger charge is -2.12. The van der Waals surface area contributed by atoms with Crippen molar-refractivity contribution in [2.24, 2.45) is 5.92 Å². The summed E-state index contributed by atoms with van der Waals surface area (Å²) in [6.07, 6.45) is 3.93. The second kappa shape index (κ2) is 6.26. The first-order valence-corrected chi connectivity index (χ1v) is 6.49. The molecule has 2 rings (SSSR count). The number of hydrogen-bond acceptors (Lipinski definition) is 3. The van der Waals surface area contributed by atoms with Crippen molar-refractivity contribution in [2.75, 3.05) is 13.1 Å². The van der Waals surface area contributed by atoms with Crippen LogP contribution in [0.3, 0.4) is 0 Å². The minimum Gasteiger partial charge on any atom is -0.467 e. The molecule has 1 atom stereocenters. The molecule has 0 spiro atoms. The number of rotatable bonds is 6. The summed E-state index contributed by atoms with van der Waals surface area (Å²) < 4.78 is 5.17. The van der Waals surface area contributed by atoms with Crippen LogP contribution in [-0.4, -0.2) is 25.0 Å². The van der Waals surface area contributed by atoms with E-state index >= 15 is 0 Å². The molecule has 0 radical (unpaired) electrons. The van der Waals surface area contributed by atoms with Gasteiger partial charge in [0.2, 0.25) is 5.91 Å². The Kier molecular flexibility index (Phi) is 4.43. The zero-order valence-electron chi connectivity index (χ0n) is 10.9. The number of carbonyl (C=O) groups is 2. The first-order valence-electron chi connectivity index (χ1n) is 6.49. The van der Waals surface area contributed by atoms with E-state index in [1.807, 2.05) is 6.92 Å². The molecule has 1 aromatic heterocycles. The summed E-state index contributed by atoms with van der Waals surface area (Å²) >= 11 is 0. The SMILES string of the molecule is CC(NC(=O)NCC(=O)NCC1CC1)c1ccco1. The highest BCUT2D eigenvalue weighted by Crippen LogP contribution is 2.27. The third-order valence-electron chi connectivity index (χ3n) is 3.01. The average Bonchev–Trinajstić information content (AvgIpc) is 3.05. The third kappa shape index (κ3) is 4.65. The van der Waals surface area contributed by atoms with E-state index < -0.39 is 0 Å². The number of furan rings is 1. The summed E-state index contributed by atoms with van der Waals surface area (Å²) in [5, 5.41) is 7.99. The van der Waals surface area contributed by atoms with Crippen molar-refractivity contribution in [3.63, 3.8) is 0 Å². The second-order valence-electron chi connectivity index (χ2n) is 4.81. The molecule has 0 aliphatic heterocycles. The van der Waals surface area contributed by atoms with Crippen LogP contribution in [0.25, 0.3) is 0 Å². The summed E-state index contributed by atoms with van der Waals surface area (Å²) in [7, 11) is 0. The molecule has 1 unspecified atom stereocenters. The van der Waals surface area contributed by atoms with Gasteiger partial charge < -0.3 is 20.4 Å². The van der Waals surface area contributed by atoms with Gasteiger partial charge in [0.1, 0.15) is 5.76 Å². The van der Waals surface area contributed by atoms with Gasteiger partial charge in [-0.25, -0.2) is 4.79 Å². The van der Waals surface area contributed by atoms with Gasteiger partial charge in [-0.15, -0.1) is 0 Å². The van der Waals surface area contributed by atoms with Gasteiger partial charge in [-0.05, 0) is 37.8 Å². The first kappa shape index (κ1) is 13.5. The largest absolute Gasteiger partial charge is 0.467 e. The lowest BCUT2D eigenvalue weighted by atomic mass is 10.2. The van der Waals surface area contributed by atoms with Crippen LogP contribution in [0.4, 0.5) is 4.79 Å². The number of amides is 3. The number of hydrogen-bond donors (Lipinski definition) is 3. The van der Waals surface area contributed by atoms with E-state index in [0.29, 0.717) is 18.2 Å². The minimum absolute atomic E-state index is 0.0105. The van der Waals surface area contributed by atoms with Gasteiger partial charge in [0.25, 0.3) is 0 Å². The Bertz CT molecular complexity index is 426. The summed E-state index contributed by atoms with van der Waals surface area (Å²) in [5.74, 6) is 1.15. The molecule has 6 heteroatoms. The van der Waals surface area contributed by atoms with Crippen molar-refractivity contribution in [3.8, 4) is 0 Å². The van der Waals surface area contributed by atoms with Gasteiger partial charge >= 0.3 is 6.03 Å². The maximum atomic E-state index is 11.6. The van der Waals surface area contributed by atoms with Gasteiger partial charge in [-0.1, -0.05) is 0 Å². The Morgan fingerprint density at radius 3 is 2.84 bits per heavy atom. The van der Waals surface area contributed by atoms with Crippen molar-refractivity contribution >= 4 is 11.9 Å². The van der Waals surface area contributed by atoms with Crippen LogP contribution in [0.1, 0.15) is 31.6 Å². The molecule has 3 amide bonds. The Morgan fingerprint density at radius 1 is 1.42 bits per heavy atom. The fourth-order valence-electron chi connectivity index (χ4n) is 1.66.